The molecule has 3 rings (SSSR count). The molecule has 2 aromatic rings. The van der Waals surface area contributed by atoms with Crippen LogP contribution in [0, 0.1) is 11.6 Å². The van der Waals surface area contributed by atoms with Gasteiger partial charge in [0.2, 0.25) is 0 Å². The van der Waals surface area contributed by atoms with Gasteiger partial charge in [0.25, 0.3) is 0 Å². The van der Waals surface area contributed by atoms with Crippen molar-refractivity contribution < 1.29 is 8.78 Å². The summed E-state index contributed by atoms with van der Waals surface area (Å²) in [5.41, 5.74) is 8.51. The van der Waals surface area contributed by atoms with Crippen LogP contribution in [0.15, 0.2) is 30.6 Å². The number of aromatic nitrogens is 2. The zero-order valence-electron chi connectivity index (χ0n) is 12.0. The highest BCUT2D eigenvalue weighted by Gasteiger charge is 2.18. The Balaban J connectivity index is 1.64. The maximum absolute atomic E-state index is 13.1. The second-order valence-corrected chi connectivity index (χ2v) is 5.25. The van der Waals surface area contributed by atoms with Gasteiger partial charge in [-0.1, -0.05) is 18.2 Å². The van der Waals surface area contributed by atoms with Crippen LogP contribution in [0.5, 0.6) is 0 Å². The van der Waals surface area contributed by atoms with Crippen molar-refractivity contribution in [3.63, 3.8) is 0 Å². The lowest BCUT2D eigenvalue weighted by atomic mass is 10.1. The lowest BCUT2D eigenvalue weighted by Crippen LogP contribution is -2.32. The maximum Gasteiger partial charge on any atom is 0.159 e. The molecule has 2 N–H and O–H groups in total. The van der Waals surface area contributed by atoms with Gasteiger partial charge in [-0.15, -0.1) is 0 Å². The molecule has 114 valence electrons. The van der Waals surface area contributed by atoms with E-state index in [1.54, 1.807) is 12.1 Å². The van der Waals surface area contributed by atoms with Crippen LogP contribution in [0.25, 0.3) is 6.08 Å². The molecule has 0 spiro atoms. The molecule has 1 aliphatic rings. The van der Waals surface area contributed by atoms with Crippen molar-refractivity contribution in [3.8, 4) is 0 Å². The first-order chi connectivity index (χ1) is 10.6. The molecule has 0 aliphatic carbocycles. The number of nitrogen functional groups attached to an aromatic ring is 1. The van der Waals surface area contributed by atoms with Gasteiger partial charge in [0.1, 0.15) is 12.1 Å². The van der Waals surface area contributed by atoms with E-state index in [4.69, 9.17) is 5.73 Å². The van der Waals surface area contributed by atoms with Gasteiger partial charge in [0.05, 0.1) is 5.69 Å². The van der Waals surface area contributed by atoms with Gasteiger partial charge in [-0.3, -0.25) is 4.90 Å². The minimum atomic E-state index is -0.834. The number of hydrogen-bond acceptors (Lipinski definition) is 4. The lowest BCUT2D eigenvalue weighted by molar-refractivity contribution is 0.280. The van der Waals surface area contributed by atoms with Crippen molar-refractivity contribution in [3.05, 3.63) is 59.1 Å². The van der Waals surface area contributed by atoms with E-state index in [1.165, 1.54) is 12.4 Å². The van der Waals surface area contributed by atoms with Crippen LogP contribution in [-0.2, 0) is 13.0 Å². The van der Waals surface area contributed by atoms with Crippen LogP contribution in [0.1, 0.15) is 16.8 Å². The highest BCUT2D eigenvalue weighted by molar-refractivity contribution is 5.49. The molecule has 0 fully saturated rings. The van der Waals surface area contributed by atoms with E-state index in [0.29, 0.717) is 24.5 Å². The molecule has 6 heteroatoms. The van der Waals surface area contributed by atoms with Gasteiger partial charge < -0.3 is 5.73 Å². The minimum absolute atomic E-state index is 0.527. The molecular formula is C16H16F2N4. The second kappa shape index (κ2) is 6.19. The Hall–Kier alpha value is -2.34. The minimum Gasteiger partial charge on any atom is -0.383 e. The standard InChI is InChI=1S/C16H16F2N4/c17-13-4-3-11(8-14(13)18)2-1-6-22-7-5-15-12(9-22)16(19)21-10-20-15/h1-4,8,10H,5-7,9H2,(H2,19,20,21)/b2-1+. The van der Waals surface area contributed by atoms with Crippen molar-refractivity contribution in [2.24, 2.45) is 0 Å². The molecular weight excluding hydrogens is 286 g/mol. The maximum atomic E-state index is 13.1. The number of rotatable bonds is 3. The van der Waals surface area contributed by atoms with Crippen LogP contribution < -0.4 is 5.73 Å². The number of nitrogens with two attached hydrogens (primary N) is 1. The summed E-state index contributed by atoms with van der Waals surface area (Å²) in [5, 5.41) is 0. The number of halogens is 2. The Labute approximate surface area is 127 Å². The molecule has 0 bridgehead atoms. The Morgan fingerprint density at radius 2 is 2.09 bits per heavy atom. The lowest BCUT2D eigenvalue weighted by Gasteiger charge is -2.27. The third-order valence-corrected chi connectivity index (χ3v) is 3.73. The van der Waals surface area contributed by atoms with Crippen LogP contribution in [-0.4, -0.2) is 28.0 Å². The van der Waals surface area contributed by atoms with Gasteiger partial charge >= 0.3 is 0 Å². The molecule has 0 saturated carbocycles. The summed E-state index contributed by atoms with van der Waals surface area (Å²) in [6.45, 7) is 2.28. The summed E-state index contributed by atoms with van der Waals surface area (Å²) in [6.07, 6.45) is 6.04. The predicted molar refractivity (Wildman–Crippen MR) is 80.8 cm³/mol. The number of benzene rings is 1. The fourth-order valence-corrected chi connectivity index (χ4v) is 2.53. The van der Waals surface area contributed by atoms with E-state index in [0.717, 1.165) is 30.3 Å². The van der Waals surface area contributed by atoms with E-state index in [9.17, 15) is 8.78 Å². The van der Waals surface area contributed by atoms with Crippen molar-refractivity contribution in [2.45, 2.75) is 13.0 Å². The fourth-order valence-electron chi connectivity index (χ4n) is 2.53. The van der Waals surface area contributed by atoms with E-state index in [-0.39, 0.29) is 0 Å². The van der Waals surface area contributed by atoms with Crippen LogP contribution in [0.2, 0.25) is 0 Å². The first kappa shape index (κ1) is 14.6. The Bertz CT molecular complexity index is 715. The van der Waals surface area contributed by atoms with Crippen LogP contribution in [0.3, 0.4) is 0 Å². The van der Waals surface area contributed by atoms with Gasteiger partial charge in [-0.25, -0.2) is 18.7 Å². The van der Waals surface area contributed by atoms with E-state index in [2.05, 4.69) is 14.9 Å². The molecule has 1 aromatic heterocycles. The first-order valence-corrected chi connectivity index (χ1v) is 7.05. The largest absolute Gasteiger partial charge is 0.383 e. The van der Waals surface area contributed by atoms with Gasteiger partial charge in [-0.05, 0) is 17.7 Å². The number of nitrogens with zero attached hydrogens (tertiary/aromatic N) is 3. The predicted octanol–water partition coefficient (Wildman–Crippen LogP) is 2.41. The summed E-state index contributed by atoms with van der Waals surface area (Å²) in [7, 11) is 0. The van der Waals surface area contributed by atoms with E-state index < -0.39 is 11.6 Å². The SMILES string of the molecule is Nc1ncnc2c1CN(C/C=C/c1ccc(F)c(F)c1)CC2. The fraction of sp³-hybridized carbons (Fsp3) is 0.250. The molecule has 0 atom stereocenters. The van der Waals surface area contributed by atoms with Crippen molar-refractivity contribution in [1.29, 1.82) is 0 Å². The second-order valence-electron chi connectivity index (χ2n) is 5.25. The molecule has 1 aliphatic heterocycles. The highest BCUT2D eigenvalue weighted by atomic mass is 19.2. The number of hydrogen-bond donors (Lipinski definition) is 1. The molecule has 0 saturated heterocycles. The zero-order valence-corrected chi connectivity index (χ0v) is 12.0. The van der Waals surface area contributed by atoms with Crippen molar-refractivity contribution in [1.82, 2.24) is 14.9 Å². The molecule has 22 heavy (non-hydrogen) atoms. The summed E-state index contributed by atoms with van der Waals surface area (Å²) in [5.74, 6) is -1.14. The number of anilines is 1. The Kier molecular flexibility index (Phi) is 4.11. The van der Waals surface area contributed by atoms with Gasteiger partial charge in [0, 0.05) is 31.6 Å². The molecule has 0 amide bonds. The van der Waals surface area contributed by atoms with E-state index >= 15 is 0 Å². The van der Waals surface area contributed by atoms with Crippen molar-refractivity contribution >= 4 is 11.9 Å². The smallest absolute Gasteiger partial charge is 0.159 e. The molecule has 1 aromatic carbocycles. The zero-order chi connectivity index (χ0) is 15.5. The highest BCUT2D eigenvalue weighted by Crippen LogP contribution is 2.20. The summed E-state index contributed by atoms with van der Waals surface area (Å²) < 4.78 is 26.0. The molecule has 0 unspecified atom stereocenters. The summed E-state index contributed by atoms with van der Waals surface area (Å²) in [6, 6.07) is 3.86. The number of fused-ring (bicyclic) bond motifs is 1. The summed E-state index contributed by atoms with van der Waals surface area (Å²) in [4.78, 5) is 10.5. The monoisotopic (exact) mass is 302 g/mol. The molecule has 0 radical (unpaired) electrons. The Morgan fingerprint density at radius 1 is 1.23 bits per heavy atom. The average Bonchev–Trinajstić information content (AvgIpc) is 2.52. The quantitative estimate of drug-likeness (QED) is 0.946. The van der Waals surface area contributed by atoms with Crippen molar-refractivity contribution in [2.75, 3.05) is 18.8 Å². The van der Waals surface area contributed by atoms with Gasteiger partial charge in [0.15, 0.2) is 11.6 Å². The third kappa shape index (κ3) is 3.12. The Morgan fingerprint density at radius 3 is 2.91 bits per heavy atom. The van der Waals surface area contributed by atoms with Gasteiger partial charge in [-0.2, -0.15) is 0 Å². The topological polar surface area (TPSA) is 55.0 Å². The normalized spacial score (nSPS) is 15.2. The summed E-state index contributed by atoms with van der Waals surface area (Å²) >= 11 is 0. The molecule has 4 nitrogen and oxygen atoms in total. The van der Waals surface area contributed by atoms with Crippen LogP contribution in [0.4, 0.5) is 14.6 Å². The van der Waals surface area contributed by atoms with E-state index in [1.807, 2.05) is 6.08 Å². The third-order valence-electron chi connectivity index (χ3n) is 3.73. The molecule has 2 heterocycles. The average molecular weight is 302 g/mol. The van der Waals surface area contributed by atoms with Crippen LogP contribution >= 0.6 is 0 Å². The first-order valence-electron chi connectivity index (χ1n) is 7.05.